The molecule has 4 heterocycles. The van der Waals surface area contributed by atoms with Crippen molar-refractivity contribution in [2.24, 2.45) is 5.92 Å². The fourth-order valence-electron chi connectivity index (χ4n) is 3.73. The van der Waals surface area contributed by atoms with Crippen molar-refractivity contribution in [3.8, 4) is 5.88 Å². The van der Waals surface area contributed by atoms with E-state index in [0.29, 0.717) is 18.1 Å². The normalized spacial score (nSPS) is 19.1. The molecule has 0 amide bonds. The van der Waals surface area contributed by atoms with Crippen LogP contribution in [0.1, 0.15) is 48.3 Å². The van der Waals surface area contributed by atoms with Crippen LogP contribution in [0.25, 0.3) is 4.96 Å². The Balaban J connectivity index is 1.70. The lowest BCUT2D eigenvalue weighted by atomic mass is 9.96. The zero-order valence-electron chi connectivity index (χ0n) is 16.0. The summed E-state index contributed by atoms with van der Waals surface area (Å²) < 4.78 is 6.79. The summed E-state index contributed by atoms with van der Waals surface area (Å²) in [6.07, 6.45) is 2.49. The van der Waals surface area contributed by atoms with Crippen LogP contribution in [0.15, 0.2) is 17.5 Å². The maximum atomic E-state index is 12.3. The van der Waals surface area contributed by atoms with Crippen molar-refractivity contribution in [2.75, 3.05) is 19.7 Å². The Morgan fingerprint density at radius 3 is 3.00 bits per heavy atom. The topological polar surface area (TPSA) is 80.0 Å². The van der Waals surface area contributed by atoms with Gasteiger partial charge in [-0.05, 0) is 37.8 Å². The third kappa shape index (κ3) is 3.54. The first-order valence-electron chi connectivity index (χ1n) is 9.63. The molecule has 0 aromatic carbocycles. The number of hydrogen-bond donors (Lipinski definition) is 1. The predicted molar refractivity (Wildman–Crippen MR) is 109 cm³/mol. The third-order valence-electron chi connectivity index (χ3n) is 5.06. The molecule has 1 aliphatic rings. The van der Waals surface area contributed by atoms with Crippen LogP contribution in [-0.4, -0.2) is 50.3 Å². The van der Waals surface area contributed by atoms with Gasteiger partial charge in [-0.25, -0.2) is 4.98 Å². The van der Waals surface area contributed by atoms with Gasteiger partial charge in [-0.3, -0.25) is 9.69 Å². The number of aromatic hydroxyl groups is 1. The van der Waals surface area contributed by atoms with Gasteiger partial charge in [0.2, 0.25) is 10.8 Å². The van der Waals surface area contributed by atoms with Crippen molar-refractivity contribution in [2.45, 2.75) is 39.2 Å². The Bertz CT molecular complexity index is 950. The lowest BCUT2D eigenvalue weighted by Gasteiger charge is -2.36. The number of ether oxygens (including phenoxy) is 1. The number of piperidine rings is 1. The quantitative estimate of drug-likeness (QED) is 0.615. The fraction of sp³-hybridized carbons (Fsp3) is 0.526. The van der Waals surface area contributed by atoms with Crippen LogP contribution in [0.3, 0.4) is 0 Å². The van der Waals surface area contributed by atoms with Gasteiger partial charge in [0, 0.05) is 17.8 Å². The number of fused-ring (bicyclic) bond motifs is 1. The van der Waals surface area contributed by atoms with Crippen LogP contribution in [0.2, 0.25) is 0 Å². The number of likely N-dealkylation sites (tertiary alicyclic amines) is 1. The van der Waals surface area contributed by atoms with Gasteiger partial charge in [-0.2, -0.15) is 4.52 Å². The van der Waals surface area contributed by atoms with Gasteiger partial charge in [-0.15, -0.1) is 16.4 Å². The Morgan fingerprint density at radius 1 is 1.46 bits per heavy atom. The Kier molecular flexibility index (Phi) is 5.65. The van der Waals surface area contributed by atoms with Crippen molar-refractivity contribution >= 4 is 33.6 Å². The molecule has 1 fully saturated rings. The summed E-state index contributed by atoms with van der Waals surface area (Å²) in [7, 11) is 0. The number of aromatic nitrogens is 3. The lowest BCUT2D eigenvalue weighted by molar-refractivity contribution is -0.150. The maximum Gasteiger partial charge on any atom is 0.310 e. The van der Waals surface area contributed by atoms with Crippen LogP contribution in [0, 0.1) is 5.92 Å². The van der Waals surface area contributed by atoms with Gasteiger partial charge in [0.25, 0.3) is 0 Å². The molecule has 3 aromatic heterocycles. The number of carbonyl (C=O) groups is 1. The molecule has 0 bridgehead atoms. The second-order valence-corrected chi connectivity index (χ2v) is 8.86. The van der Waals surface area contributed by atoms with E-state index in [1.807, 2.05) is 25.3 Å². The highest BCUT2D eigenvalue weighted by atomic mass is 32.1. The van der Waals surface area contributed by atoms with Crippen LogP contribution in [0.5, 0.6) is 5.88 Å². The van der Waals surface area contributed by atoms with Crippen molar-refractivity contribution in [1.29, 1.82) is 0 Å². The number of esters is 1. The molecule has 9 heteroatoms. The zero-order chi connectivity index (χ0) is 19.7. The number of aryl methyl sites for hydroxylation is 1. The number of thiophene rings is 1. The van der Waals surface area contributed by atoms with Gasteiger partial charge in [0.15, 0.2) is 5.82 Å². The van der Waals surface area contributed by atoms with Crippen molar-refractivity contribution in [3.63, 3.8) is 0 Å². The molecule has 0 spiro atoms. The molecule has 0 radical (unpaired) electrons. The van der Waals surface area contributed by atoms with E-state index in [1.54, 1.807) is 11.3 Å². The largest absolute Gasteiger partial charge is 0.492 e. The van der Waals surface area contributed by atoms with Gasteiger partial charge in [0.1, 0.15) is 0 Å². The molecule has 4 rings (SSSR count). The minimum atomic E-state index is -0.132. The van der Waals surface area contributed by atoms with E-state index < -0.39 is 0 Å². The molecule has 1 saturated heterocycles. The second kappa shape index (κ2) is 8.18. The van der Waals surface area contributed by atoms with Gasteiger partial charge < -0.3 is 9.84 Å². The van der Waals surface area contributed by atoms with Crippen LogP contribution in [0.4, 0.5) is 0 Å². The molecule has 2 atom stereocenters. The van der Waals surface area contributed by atoms with E-state index in [-0.39, 0.29) is 23.8 Å². The van der Waals surface area contributed by atoms with Gasteiger partial charge in [-0.1, -0.05) is 24.3 Å². The summed E-state index contributed by atoms with van der Waals surface area (Å²) in [6, 6.07) is 3.98. The van der Waals surface area contributed by atoms with Crippen molar-refractivity contribution in [1.82, 2.24) is 19.5 Å². The number of rotatable bonds is 6. The number of hydrogen-bond acceptors (Lipinski definition) is 8. The molecule has 2 unspecified atom stereocenters. The highest BCUT2D eigenvalue weighted by Gasteiger charge is 2.35. The minimum Gasteiger partial charge on any atom is -0.492 e. The van der Waals surface area contributed by atoms with Gasteiger partial charge >= 0.3 is 5.97 Å². The van der Waals surface area contributed by atoms with E-state index in [4.69, 9.17) is 4.74 Å². The minimum absolute atomic E-state index is 0.115. The highest BCUT2D eigenvalue weighted by molar-refractivity contribution is 7.17. The Labute approximate surface area is 171 Å². The number of carbonyl (C=O) groups excluding carboxylic acids is 1. The number of thiazole rings is 1. The molecule has 0 saturated carbocycles. The van der Waals surface area contributed by atoms with E-state index >= 15 is 0 Å². The summed E-state index contributed by atoms with van der Waals surface area (Å²) >= 11 is 3.12. The fourth-order valence-corrected chi connectivity index (χ4v) is 5.80. The summed E-state index contributed by atoms with van der Waals surface area (Å²) in [6.45, 7) is 5.72. The van der Waals surface area contributed by atoms with Crippen LogP contribution < -0.4 is 0 Å². The van der Waals surface area contributed by atoms with Crippen LogP contribution in [-0.2, 0) is 16.0 Å². The molecular formula is C19H24N4O3S2. The molecule has 3 aromatic rings. The predicted octanol–water partition coefficient (Wildman–Crippen LogP) is 3.48. The molecular weight excluding hydrogens is 396 g/mol. The van der Waals surface area contributed by atoms with E-state index in [0.717, 1.165) is 41.4 Å². The average molecular weight is 421 g/mol. The smallest absolute Gasteiger partial charge is 0.310 e. The molecule has 1 N–H and O–H groups in total. The van der Waals surface area contributed by atoms with Gasteiger partial charge in [0.05, 0.1) is 23.4 Å². The summed E-state index contributed by atoms with van der Waals surface area (Å²) in [5.74, 6) is 0.605. The van der Waals surface area contributed by atoms with Crippen molar-refractivity contribution < 1.29 is 14.6 Å². The Morgan fingerprint density at radius 2 is 2.32 bits per heavy atom. The summed E-state index contributed by atoms with van der Waals surface area (Å²) in [5.41, 5.74) is 0. The van der Waals surface area contributed by atoms with Crippen LogP contribution >= 0.6 is 22.7 Å². The number of nitrogens with zero attached hydrogens (tertiary/aromatic N) is 4. The molecule has 7 nitrogen and oxygen atoms in total. The molecule has 28 heavy (non-hydrogen) atoms. The SMILES string of the molecule is CCOC(=O)C1CCCN(C(c2cccs2)c2sc3nc(CC)nn3c2O)C1. The first kappa shape index (κ1) is 19.4. The molecule has 0 aliphatic carbocycles. The van der Waals surface area contributed by atoms with E-state index in [9.17, 15) is 9.90 Å². The third-order valence-corrected chi connectivity index (χ3v) is 7.06. The summed E-state index contributed by atoms with van der Waals surface area (Å²) in [5, 5.41) is 17.4. The maximum absolute atomic E-state index is 12.3. The monoisotopic (exact) mass is 420 g/mol. The van der Waals surface area contributed by atoms with E-state index in [2.05, 4.69) is 21.0 Å². The second-order valence-electron chi connectivity index (χ2n) is 6.87. The average Bonchev–Trinajstić information content (AvgIpc) is 3.42. The zero-order valence-corrected chi connectivity index (χ0v) is 17.6. The Hall–Kier alpha value is -1.97. The standard InChI is InChI=1S/C19H24N4O3S2/c1-3-14-20-19-23(21-14)17(24)16(28-19)15(13-8-6-10-27-13)22-9-5-7-12(11-22)18(25)26-4-2/h6,8,10,12,15,24H,3-5,7,9,11H2,1-2H3. The first-order chi connectivity index (χ1) is 13.6. The molecule has 1 aliphatic heterocycles. The van der Waals surface area contributed by atoms with Crippen molar-refractivity contribution in [3.05, 3.63) is 33.1 Å². The summed E-state index contributed by atoms with van der Waals surface area (Å²) in [4.78, 5) is 21.8. The first-order valence-corrected chi connectivity index (χ1v) is 11.3. The van der Waals surface area contributed by atoms with E-state index in [1.165, 1.54) is 15.9 Å². The highest BCUT2D eigenvalue weighted by Crippen LogP contribution is 2.42. The lowest BCUT2D eigenvalue weighted by Crippen LogP contribution is -2.41. The molecule has 150 valence electrons.